The molecule has 0 bridgehead atoms. The number of hydrogen-bond acceptors (Lipinski definition) is 9. The molecular weight excluding hydrogens is 480 g/mol. The van der Waals surface area contributed by atoms with Crippen molar-refractivity contribution >= 4 is 17.5 Å². The Balaban J connectivity index is 1.72. The topological polar surface area (TPSA) is 182 Å². The molecule has 3 aliphatic rings. The highest BCUT2D eigenvalue weighted by molar-refractivity contribution is 6.24. The minimum atomic E-state index is -2.67. The van der Waals surface area contributed by atoms with Crippen LogP contribution >= 0.6 is 0 Å². The van der Waals surface area contributed by atoms with Crippen LogP contribution in [0.3, 0.4) is 0 Å². The van der Waals surface area contributed by atoms with Crippen molar-refractivity contribution in [2.75, 3.05) is 14.1 Å². The van der Waals surface area contributed by atoms with Gasteiger partial charge >= 0.3 is 0 Å². The number of ketones is 2. The molecule has 0 aliphatic heterocycles. The van der Waals surface area contributed by atoms with Crippen LogP contribution in [-0.4, -0.2) is 73.6 Å². The molecule has 0 saturated carbocycles. The predicted molar refractivity (Wildman–Crippen MR) is 131 cm³/mol. The first-order valence-electron chi connectivity index (χ1n) is 11.7. The van der Waals surface area contributed by atoms with Gasteiger partial charge in [-0.3, -0.25) is 19.3 Å². The minimum Gasteiger partial charge on any atom is -0.510 e. The summed E-state index contributed by atoms with van der Waals surface area (Å²) in [5.41, 5.74) is 3.40. The second kappa shape index (κ2) is 8.19. The van der Waals surface area contributed by atoms with E-state index in [0.29, 0.717) is 16.7 Å². The molecule has 1 amide bonds. The second-order valence-electron chi connectivity index (χ2n) is 10.00. The molecule has 7 N–H and O–H groups in total. The van der Waals surface area contributed by atoms with Gasteiger partial charge in [0, 0.05) is 11.5 Å². The van der Waals surface area contributed by atoms with E-state index < -0.39 is 58.0 Å². The lowest BCUT2D eigenvalue weighted by molar-refractivity contribution is -0.148. The fraction of sp³-hybridized carbons (Fsp3) is 0.296. The molecule has 10 nitrogen and oxygen atoms in total. The zero-order valence-electron chi connectivity index (χ0n) is 20.1. The fourth-order valence-electron chi connectivity index (χ4n) is 6.16. The first-order chi connectivity index (χ1) is 17.4. The second-order valence-corrected chi connectivity index (χ2v) is 10.00. The molecule has 4 atom stereocenters. The number of nitrogens with two attached hydrogens (primary N) is 1. The smallest absolute Gasteiger partial charge is 0.255 e. The van der Waals surface area contributed by atoms with Crippen LogP contribution in [0.15, 0.2) is 59.1 Å². The Bertz CT molecular complexity index is 1440. The van der Waals surface area contributed by atoms with Crippen molar-refractivity contribution < 1.29 is 39.9 Å². The molecule has 37 heavy (non-hydrogen) atoms. The highest BCUT2D eigenvalue weighted by Crippen LogP contribution is 2.53. The molecule has 0 aromatic heterocycles. The van der Waals surface area contributed by atoms with Crippen molar-refractivity contribution in [1.82, 2.24) is 4.90 Å². The van der Waals surface area contributed by atoms with Gasteiger partial charge in [-0.1, -0.05) is 18.2 Å². The Kier molecular flexibility index (Phi) is 5.43. The molecule has 192 valence electrons. The number of nitrogens with zero attached hydrogens (tertiary/aromatic N) is 1. The van der Waals surface area contributed by atoms with Crippen molar-refractivity contribution in [2.45, 2.75) is 24.5 Å². The number of benzene rings is 2. The van der Waals surface area contributed by atoms with Gasteiger partial charge in [-0.25, -0.2) is 0 Å². The molecular formula is C27H26N2O8. The summed E-state index contributed by atoms with van der Waals surface area (Å²) in [6.07, 6.45) is 0.190. The molecule has 0 fully saturated rings. The van der Waals surface area contributed by atoms with E-state index in [9.17, 15) is 39.9 Å². The molecule has 0 saturated heterocycles. The molecule has 0 radical (unpaired) electrons. The van der Waals surface area contributed by atoms with Crippen LogP contribution in [0.5, 0.6) is 11.5 Å². The summed E-state index contributed by atoms with van der Waals surface area (Å²) in [4.78, 5) is 40.6. The highest BCUT2D eigenvalue weighted by atomic mass is 16.3. The summed E-state index contributed by atoms with van der Waals surface area (Å²) in [5, 5.41) is 54.1. The van der Waals surface area contributed by atoms with Gasteiger partial charge in [-0.05, 0) is 67.7 Å². The normalized spacial score (nSPS) is 27.2. The van der Waals surface area contributed by atoms with Gasteiger partial charge in [0.15, 0.2) is 11.4 Å². The van der Waals surface area contributed by atoms with Gasteiger partial charge in [0.2, 0.25) is 5.78 Å². The average molecular weight is 507 g/mol. The minimum absolute atomic E-state index is 0.0104. The molecule has 10 heteroatoms. The number of phenols is 2. The number of aliphatic hydroxyl groups is 3. The Morgan fingerprint density at radius 2 is 1.68 bits per heavy atom. The SMILES string of the molecule is CN(C)[C@@H]1C(O)=C(C(N)=O)C(=O)[C@@]2(O)C(O)=C3C(=O)c4c(O)ccc(-c5ccc(O)cc5)c4C[C@H]3C[C@@H]12. The summed E-state index contributed by atoms with van der Waals surface area (Å²) in [5.74, 6) is -6.82. The Labute approximate surface area is 211 Å². The number of primary amides is 1. The summed E-state index contributed by atoms with van der Waals surface area (Å²) in [6, 6.07) is 8.29. The van der Waals surface area contributed by atoms with E-state index in [2.05, 4.69) is 0 Å². The number of Topliss-reactive ketones (excluding diaryl/α,β-unsaturated/α-hetero) is 2. The lowest BCUT2D eigenvalue weighted by atomic mass is 9.58. The first kappa shape index (κ1) is 24.5. The van der Waals surface area contributed by atoms with Crippen molar-refractivity contribution in [3.8, 4) is 22.6 Å². The summed E-state index contributed by atoms with van der Waals surface area (Å²) in [6.45, 7) is 0. The van der Waals surface area contributed by atoms with E-state index in [1.807, 2.05) is 0 Å². The number of aliphatic hydroxyl groups excluding tert-OH is 2. The number of carbonyl (C=O) groups excluding carboxylic acids is 3. The van der Waals surface area contributed by atoms with Gasteiger partial charge in [-0.2, -0.15) is 0 Å². The monoisotopic (exact) mass is 506 g/mol. The predicted octanol–water partition coefficient (Wildman–Crippen LogP) is 1.49. The molecule has 0 spiro atoms. The van der Waals surface area contributed by atoms with Gasteiger partial charge in [0.05, 0.1) is 11.6 Å². The third-order valence-corrected chi connectivity index (χ3v) is 7.78. The van der Waals surface area contributed by atoms with Crippen LogP contribution in [0.25, 0.3) is 11.1 Å². The molecule has 3 aliphatic carbocycles. The number of phenolic OH excluding ortho intramolecular Hbond substituents is 2. The van der Waals surface area contributed by atoms with Crippen LogP contribution < -0.4 is 5.73 Å². The number of rotatable bonds is 3. The van der Waals surface area contributed by atoms with E-state index in [-0.39, 0.29) is 35.5 Å². The number of likely N-dealkylation sites (N-methyl/N-ethyl adjacent to an activating group) is 1. The number of aromatic hydroxyl groups is 2. The van der Waals surface area contributed by atoms with E-state index in [0.717, 1.165) is 0 Å². The lowest BCUT2D eigenvalue weighted by Gasteiger charge is -2.50. The highest BCUT2D eigenvalue weighted by Gasteiger charge is 2.63. The number of fused-ring (bicyclic) bond motifs is 3. The summed E-state index contributed by atoms with van der Waals surface area (Å²) in [7, 11) is 3.16. The third kappa shape index (κ3) is 3.29. The third-order valence-electron chi connectivity index (χ3n) is 7.78. The molecule has 2 aromatic carbocycles. The number of carbonyl (C=O) groups is 3. The largest absolute Gasteiger partial charge is 0.510 e. The zero-order valence-corrected chi connectivity index (χ0v) is 20.1. The maximum absolute atomic E-state index is 13.7. The maximum atomic E-state index is 13.7. The van der Waals surface area contributed by atoms with Crippen molar-refractivity contribution in [2.24, 2.45) is 17.6 Å². The Morgan fingerprint density at radius 3 is 2.27 bits per heavy atom. The van der Waals surface area contributed by atoms with E-state index in [1.54, 1.807) is 32.3 Å². The van der Waals surface area contributed by atoms with E-state index >= 15 is 0 Å². The zero-order chi connectivity index (χ0) is 27.0. The van der Waals surface area contributed by atoms with Gasteiger partial charge < -0.3 is 31.3 Å². The lowest BCUT2D eigenvalue weighted by Crippen LogP contribution is -2.63. The van der Waals surface area contributed by atoms with Gasteiger partial charge in [-0.15, -0.1) is 0 Å². The van der Waals surface area contributed by atoms with E-state index in [4.69, 9.17) is 5.73 Å². The quantitative estimate of drug-likeness (QED) is 0.336. The van der Waals surface area contributed by atoms with Crippen LogP contribution in [0.1, 0.15) is 22.3 Å². The average Bonchev–Trinajstić information content (AvgIpc) is 2.82. The Hall–Kier alpha value is -4.15. The fourth-order valence-corrected chi connectivity index (χ4v) is 6.16. The van der Waals surface area contributed by atoms with Crippen LogP contribution in [0.4, 0.5) is 0 Å². The van der Waals surface area contributed by atoms with Crippen LogP contribution in [0.2, 0.25) is 0 Å². The number of amides is 1. The first-order valence-corrected chi connectivity index (χ1v) is 11.7. The van der Waals surface area contributed by atoms with Gasteiger partial charge in [0.1, 0.15) is 28.6 Å². The number of hydrogen-bond donors (Lipinski definition) is 6. The van der Waals surface area contributed by atoms with E-state index in [1.165, 1.54) is 23.1 Å². The van der Waals surface area contributed by atoms with Gasteiger partial charge in [0.25, 0.3) is 5.91 Å². The molecule has 0 unspecified atom stereocenters. The Morgan fingerprint density at radius 1 is 1.03 bits per heavy atom. The van der Waals surface area contributed by atoms with Crippen molar-refractivity contribution in [3.63, 3.8) is 0 Å². The van der Waals surface area contributed by atoms with Crippen molar-refractivity contribution in [3.05, 3.63) is 70.2 Å². The summed E-state index contributed by atoms with van der Waals surface area (Å²) >= 11 is 0. The van der Waals surface area contributed by atoms with Crippen LogP contribution in [-0.2, 0) is 16.0 Å². The maximum Gasteiger partial charge on any atom is 0.255 e. The van der Waals surface area contributed by atoms with Crippen LogP contribution in [0, 0.1) is 11.8 Å². The molecule has 2 aromatic rings. The summed E-state index contributed by atoms with van der Waals surface area (Å²) < 4.78 is 0. The molecule has 0 heterocycles. The molecule has 5 rings (SSSR count). The number of allylic oxidation sites excluding steroid dienone is 1. The standard InChI is InChI=1S/C27H26N2O8/c1-29(2)21-16-10-12-9-15-14(11-3-5-13(30)6-4-11)7-8-17(31)19(15)22(32)18(12)24(34)27(16,37)25(35)20(23(21)33)26(28)36/h3-8,12,16,21,30-31,33-34,37H,9-10H2,1-2H3,(H2,28,36)/t12-,16-,21-,27-/m0/s1. The van der Waals surface area contributed by atoms with Crippen molar-refractivity contribution in [1.29, 1.82) is 0 Å².